The number of pyridine rings is 1. The number of fused-ring (bicyclic) bond motifs is 1. The molecule has 0 unspecified atom stereocenters. The molecule has 0 spiro atoms. The summed E-state index contributed by atoms with van der Waals surface area (Å²) in [5.41, 5.74) is 2.06. The van der Waals surface area contributed by atoms with E-state index in [2.05, 4.69) is 9.97 Å². The molecule has 0 aliphatic heterocycles. The molecule has 2 aromatic carbocycles. The van der Waals surface area contributed by atoms with E-state index in [1.165, 1.54) is 0 Å². The fourth-order valence-corrected chi connectivity index (χ4v) is 2.88. The molecule has 5 heteroatoms. The van der Waals surface area contributed by atoms with Gasteiger partial charge in [-0.25, -0.2) is 4.98 Å². The third-order valence-corrected chi connectivity index (χ3v) is 4.22. The third-order valence-electron chi connectivity index (χ3n) is 4.22. The van der Waals surface area contributed by atoms with Crippen molar-refractivity contribution in [1.82, 2.24) is 14.5 Å². The molecule has 0 bridgehead atoms. The lowest BCUT2D eigenvalue weighted by Gasteiger charge is -2.12. The largest absolute Gasteiger partial charge is 0.497 e. The Hall–Kier alpha value is -3.73. The van der Waals surface area contributed by atoms with Gasteiger partial charge in [-0.05, 0) is 60.7 Å². The fraction of sp³-hybridized carbons (Fsp3) is 0.0455. The highest BCUT2D eigenvalue weighted by Crippen LogP contribution is 2.18. The molecule has 0 N–H and O–H groups in total. The van der Waals surface area contributed by atoms with Crippen LogP contribution in [0.5, 0.6) is 5.75 Å². The first-order chi connectivity index (χ1) is 13.3. The van der Waals surface area contributed by atoms with Gasteiger partial charge in [0.2, 0.25) is 0 Å². The maximum Gasteiger partial charge on any atom is 0.266 e. The zero-order chi connectivity index (χ0) is 18.6. The quantitative estimate of drug-likeness (QED) is 0.556. The van der Waals surface area contributed by atoms with Crippen molar-refractivity contribution >= 4 is 23.1 Å². The Labute approximate surface area is 156 Å². The van der Waals surface area contributed by atoms with Crippen molar-refractivity contribution in [2.24, 2.45) is 0 Å². The minimum absolute atomic E-state index is 0.119. The number of hydrogen-bond acceptors (Lipinski definition) is 4. The van der Waals surface area contributed by atoms with Crippen LogP contribution in [0.1, 0.15) is 11.5 Å². The first kappa shape index (κ1) is 16.7. The second-order valence-corrected chi connectivity index (χ2v) is 5.91. The number of para-hydroxylation sites is 1. The van der Waals surface area contributed by atoms with E-state index in [0.29, 0.717) is 16.7 Å². The number of hydrogen-bond donors (Lipinski definition) is 0. The van der Waals surface area contributed by atoms with Crippen LogP contribution in [-0.2, 0) is 0 Å². The standard InChI is InChI=1S/C22H17N3O2/c1-27-18-12-10-17(11-13-18)25-21(14-9-16-6-4-5-15-23-16)24-20-8-3-2-7-19(20)22(25)26/h2-15H,1H3/b14-9+. The molecule has 0 atom stereocenters. The Bertz CT molecular complexity index is 1160. The van der Waals surface area contributed by atoms with Gasteiger partial charge in [-0.3, -0.25) is 14.3 Å². The molecule has 5 nitrogen and oxygen atoms in total. The van der Waals surface area contributed by atoms with Crippen LogP contribution in [0, 0.1) is 0 Å². The predicted octanol–water partition coefficient (Wildman–Crippen LogP) is 3.96. The van der Waals surface area contributed by atoms with Crippen molar-refractivity contribution in [2.45, 2.75) is 0 Å². The second-order valence-electron chi connectivity index (χ2n) is 5.91. The van der Waals surface area contributed by atoms with Crippen LogP contribution >= 0.6 is 0 Å². The Morgan fingerprint density at radius 3 is 2.44 bits per heavy atom. The molecule has 0 saturated heterocycles. The van der Waals surface area contributed by atoms with Crippen LogP contribution in [0.3, 0.4) is 0 Å². The third kappa shape index (κ3) is 3.35. The summed E-state index contributed by atoms with van der Waals surface area (Å²) in [5.74, 6) is 1.26. The maximum atomic E-state index is 13.2. The molecule has 4 rings (SSSR count). The molecular formula is C22H17N3O2. The monoisotopic (exact) mass is 355 g/mol. The summed E-state index contributed by atoms with van der Waals surface area (Å²) in [6.07, 6.45) is 5.38. The molecule has 2 aromatic heterocycles. The lowest BCUT2D eigenvalue weighted by atomic mass is 10.2. The van der Waals surface area contributed by atoms with E-state index < -0.39 is 0 Å². The number of rotatable bonds is 4. The fourth-order valence-electron chi connectivity index (χ4n) is 2.88. The van der Waals surface area contributed by atoms with E-state index in [-0.39, 0.29) is 5.56 Å². The van der Waals surface area contributed by atoms with Crippen LogP contribution in [0.2, 0.25) is 0 Å². The summed E-state index contributed by atoms with van der Waals surface area (Å²) in [4.78, 5) is 22.1. The molecule has 2 heterocycles. The molecule has 0 aliphatic rings. The van der Waals surface area contributed by atoms with Crippen LogP contribution < -0.4 is 10.3 Å². The Morgan fingerprint density at radius 1 is 0.926 bits per heavy atom. The first-order valence-electron chi connectivity index (χ1n) is 8.51. The van der Waals surface area contributed by atoms with E-state index in [1.54, 1.807) is 30.0 Å². The van der Waals surface area contributed by atoms with Crippen LogP contribution in [0.25, 0.3) is 28.7 Å². The topological polar surface area (TPSA) is 57.0 Å². The van der Waals surface area contributed by atoms with Crippen molar-refractivity contribution in [3.05, 3.63) is 94.8 Å². The van der Waals surface area contributed by atoms with E-state index in [4.69, 9.17) is 4.74 Å². The molecule has 0 saturated carbocycles. The van der Waals surface area contributed by atoms with E-state index in [1.807, 2.05) is 66.7 Å². The maximum absolute atomic E-state index is 13.2. The normalized spacial score (nSPS) is 11.1. The summed E-state index contributed by atoms with van der Waals surface area (Å²) >= 11 is 0. The van der Waals surface area contributed by atoms with Gasteiger partial charge in [0.05, 0.1) is 29.4 Å². The van der Waals surface area contributed by atoms with Crippen molar-refractivity contribution in [1.29, 1.82) is 0 Å². The minimum Gasteiger partial charge on any atom is -0.497 e. The summed E-state index contributed by atoms with van der Waals surface area (Å²) < 4.78 is 6.81. The van der Waals surface area contributed by atoms with Crippen molar-refractivity contribution < 1.29 is 4.74 Å². The number of methoxy groups -OCH3 is 1. The molecule has 132 valence electrons. The van der Waals surface area contributed by atoms with Gasteiger partial charge in [0.15, 0.2) is 0 Å². The van der Waals surface area contributed by atoms with Crippen LogP contribution in [0.15, 0.2) is 77.7 Å². The summed E-state index contributed by atoms with van der Waals surface area (Å²) in [5, 5.41) is 0.573. The number of benzene rings is 2. The highest BCUT2D eigenvalue weighted by Gasteiger charge is 2.11. The van der Waals surface area contributed by atoms with E-state index in [9.17, 15) is 4.79 Å². The van der Waals surface area contributed by atoms with Crippen LogP contribution in [0.4, 0.5) is 0 Å². The van der Waals surface area contributed by atoms with Gasteiger partial charge in [0.25, 0.3) is 5.56 Å². The zero-order valence-electron chi connectivity index (χ0n) is 14.7. The van der Waals surface area contributed by atoms with Crippen molar-refractivity contribution in [2.75, 3.05) is 7.11 Å². The Balaban J connectivity index is 1.92. The SMILES string of the molecule is COc1ccc(-n2c(/C=C/c3ccccn3)nc3ccccc3c2=O)cc1. The predicted molar refractivity (Wildman–Crippen MR) is 107 cm³/mol. The Kier molecular flexibility index (Phi) is 4.49. The molecule has 0 radical (unpaired) electrons. The van der Waals surface area contributed by atoms with Crippen LogP contribution in [-0.4, -0.2) is 21.6 Å². The van der Waals surface area contributed by atoms with E-state index >= 15 is 0 Å². The van der Waals surface area contributed by atoms with Crippen molar-refractivity contribution in [3.8, 4) is 11.4 Å². The Morgan fingerprint density at radius 2 is 1.70 bits per heavy atom. The molecule has 4 aromatic rings. The van der Waals surface area contributed by atoms with Gasteiger partial charge in [0, 0.05) is 6.20 Å². The summed E-state index contributed by atoms with van der Waals surface area (Å²) in [7, 11) is 1.61. The van der Waals surface area contributed by atoms with Crippen molar-refractivity contribution in [3.63, 3.8) is 0 Å². The van der Waals surface area contributed by atoms with Gasteiger partial charge in [-0.15, -0.1) is 0 Å². The summed E-state index contributed by atoms with van der Waals surface area (Å²) in [6.45, 7) is 0. The number of nitrogens with zero attached hydrogens (tertiary/aromatic N) is 3. The average Bonchev–Trinajstić information content (AvgIpc) is 2.73. The highest BCUT2D eigenvalue weighted by atomic mass is 16.5. The number of aromatic nitrogens is 3. The number of ether oxygens (including phenoxy) is 1. The van der Waals surface area contributed by atoms with E-state index in [0.717, 1.165) is 17.1 Å². The molecule has 0 aliphatic carbocycles. The minimum atomic E-state index is -0.119. The van der Waals surface area contributed by atoms with Gasteiger partial charge >= 0.3 is 0 Å². The highest BCUT2D eigenvalue weighted by molar-refractivity contribution is 5.79. The molecule has 0 fully saturated rings. The lowest BCUT2D eigenvalue weighted by molar-refractivity contribution is 0.414. The molecular weight excluding hydrogens is 338 g/mol. The average molecular weight is 355 g/mol. The molecule has 27 heavy (non-hydrogen) atoms. The van der Waals surface area contributed by atoms with Gasteiger partial charge < -0.3 is 4.74 Å². The van der Waals surface area contributed by atoms with Gasteiger partial charge in [0.1, 0.15) is 11.6 Å². The molecule has 0 amide bonds. The lowest BCUT2D eigenvalue weighted by Crippen LogP contribution is -2.22. The van der Waals surface area contributed by atoms with Gasteiger partial charge in [-0.1, -0.05) is 18.2 Å². The smallest absolute Gasteiger partial charge is 0.266 e. The second kappa shape index (κ2) is 7.25. The summed E-state index contributed by atoms with van der Waals surface area (Å²) in [6, 6.07) is 20.3. The first-order valence-corrected chi connectivity index (χ1v) is 8.51. The zero-order valence-corrected chi connectivity index (χ0v) is 14.7. The van der Waals surface area contributed by atoms with Gasteiger partial charge in [-0.2, -0.15) is 0 Å².